The lowest BCUT2D eigenvalue weighted by Gasteiger charge is -2.30. The van der Waals surface area contributed by atoms with Gasteiger partial charge in [0.1, 0.15) is 24.0 Å². The number of anilines is 1. The molecule has 0 N–H and O–H groups in total. The van der Waals surface area contributed by atoms with Crippen molar-refractivity contribution in [1.29, 1.82) is 0 Å². The molecule has 4 nitrogen and oxygen atoms in total. The number of rotatable bonds is 2. The zero-order chi connectivity index (χ0) is 15.0. The monoisotopic (exact) mass is 311 g/mol. The maximum Gasteiger partial charge on any atom is 0.264 e. The molecule has 0 amide bonds. The summed E-state index contributed by atoms with van der Waals surface area (Å²) in [5.74, 6) is -0.783. The minimum Gasteiger partial charge on any atom is -0.489 e. The van der Waals surface area contributed by atoms with Crippen LogP contribution in [0.25, 0.3) is 0 Å². The maximum absolute atomic E-state index is 13.4. The Labute approximate surface area is 120 Å². The summed E-state index contributed by atoms with van der Waals surface area (Å²) in [5, 5.41) is 0. The molecule has 7 heteroatoms. The Hall–Kier alpha value is -2.15. The van der Waals surface area contributed by atoms with Crippen LogP contribution in [-0.2, 0) is 10.0 Å². The van der Waals surface area contributed by atoms with Gasteiger partial charge < -0.3 is 4.74 Å². The van der Waals surface area contributed by atoms with Gasteiger partial charge in [0.2, 0.25) is 0 Å². The molecule has 2 aromatic carbocycles. The first-order valence-corrected chi connectivity index (χ1v) is 7.63. The first-order chi connectivity index (χ1) is 9.98. The molecule has 0 atom stereocenters. The second-order valence-corrected chi connectivity index (χ2v) is 6.35. The Bertz CT molecular complexity index is 775. The molecule has 0 fully saturated rings. The number of nitrogens with zero attached hydrogens (tertiary/aromatic N) is 1. The molecule has 0 bridgehead atoms. The van der Waals surface area contributed by atoms with Gasteiger partial charge in [-0.15, -0.1) is 0 Å². The highest BCUT2D eigenvalue weighted by Gasteiger charge is 2.30. The summed E-state index contributed by atoms with van der Waals surface area (Å²) < 4.78 is 57.9. The van der Waals surface area contributed by atoms with Gasteiger partial charge in [0.15, 0.2) is 0 Å². The van der Waals surface area contributed by atoms with Crippen molar-refractivity contribution in [3.8, 4) is 5.75 Å². The molecule has 0 unspecified atom stereocenters. The molecule has 1 heterocycles. The van der Waals surface area contributed by atoms with Gasteiger partial charge in [-0.25, -0.2) is 17.2 Å². The molecule has 0 spiro atoms. The smallest absolute Gasteiger partial charge is 0.264 e. The van der Waals surface area contributed by atoms with E-state index < -0.39 is 21.7 Å². The van der Waals surface area contributed by atoms with Crippen LogP contribution < -0.4 is 9.04 Å². The van der Waals surface area contributed by atoms with Crippen molar-refractivity contribution >= 4 is 15.7 Å². The van der Waals surface area contributed by atoms with E-state index in [1.807, 2.05) is 0 Å². The summed E-state index contributed by atoms with van der Waals surface area (Å²) >= 11 is 0. The third-order valence-corrected chi connectivity index (χ3v) is 4.97. The fraction of sp³-hybridized carbons (Fsp3) is 0.143. The van der Waals surface area contributed by atoms with Crippen LogP contribution in [0.15, 0.2) is 47.4 Å². The van der Waals surface area contributed by atoms with Crippen LogP contribution in [0.4, 0.5) is 14.5 Å². The molecular formula is C14H11F2NO3S. The average molecular weight is 311 g/mol. The SMILES string of the molecule is O=S(=O)(c1ccc(F)cc1)N1CCOc2ccc(F)cc21. The predicted octanol–water partition coefficient (Wildman–Crippen LogP) is 2.55. The van der Waals surface area contributed by atoms with Crippen molar-refractivity contribution in [2.45, 2.75) is 4.90 Å². The number of hydrogen-bond donors (Lipinski definition) is 0. The Morgan fingerprint density at radius 1 is 1.00 bits per heavy atom. The fourth-order valence-corrected chi connectivity index (χ4v) is 3.60. The molecule has 0 saturated carbocycles. The normalized spacial score (nSPS) is 14.5. The van der Waals surface area contributed by atoms with Crippen molar-refractivity contribution in [3.05, 3.63) is 54.1 Å². The van der Waals surface area contributed by atoms with Crippen LogP contribution in [-0.4, -0.2) is 21.6 Å². The van der Waals surface area contributed by atoms with E-state index in [9.17, 15) is 17.2 Å². The number of hydrogen-bond acceptors (Lipinski definition) is 3. The van der Waals surface area contributed by atoms with E-state index in [1.165, 1.54) is 24.3 Å². The summed E-state index contributed by atoms with van der Waals surface area (Å²) in [4.78, 5) is -0.0546. The van der Waals surface area contributed by atoms with E-state index in [0.29, 0.717) is 5.75 Å². The van der Waals surface area contributed by atoms with Gasteiger partial charge in [0.05, 0.1) is 17.1 Å². The van der Waals surface area contributed by atoms with E-state index in [1.54, 1.807) is 0 Å². The van der Waals surface area contributed by atoms with Gasteiger partial charge in [-0.1, -0.05) is 0 Å². The molecule has 3 rings (SSSR count). The van der Waals surface area contributed by atoms with Crippen molar-refractivity contribution in [2.75, 3.05) is 17.5 Å². The first kappa shape index (κ1) is 13.8. The van der Waals surface area contributed by atoms with Crippen LogP contribution >= 0.6 is 0 Å². The van der Waals surface area contributed by atoms with E-state index in [-0.39, 0.29) is 23.7 Å². The number of halogens is 2. The molecule has 0 saturated heterocycles. The molecule has 0 aromatic heterocycles. The Morgan fingerprint density at radius 2 is 1.67 bits per heavy atom. The standard InChI is InChI=1S/C14H11F2NO3S/c15-10-1-4-12(5-2-10)21(18,19)17-7-8-20-14-6-3-11(16)9-13(14)17/h1-6,9H,7-8H2. The maximum atomic E-state index is 13.4. The lowest BCUT2D eigenvalue weighted by molar-refractivity contribution is 0.315. The molecule has 0 radical (unpaired) electrons. The minimum atomic E-state index is -3.89. The van der Waals surface area contributed by atoms with Crippen LogP contribution in [0.2, 0.25) is 0 Å². The third kappa shape index (κ3) is 2.44. The Balaban J connectivity index is 2.09. The zero-order valence-electron chi connectivity index (χ0n) is 10.8. The van der Waals surface area contributed by atoms with Crippen LogP contribution in [0.1, 0.15) is 0 Å². The van der Waals surface area contributed by atoms with Crippen LogP contribution in [0.3, 0.4) is 0 Å². The number of ether oxygens (including phenoxy) is 1. The summed E-state index contributed by atoms with van der Waals surface area (Å²) in [5.41, 5.74) is 0.144. The topological polar surface area (TPSA) is 46.6 Å². The molecule has 110 valence electrons. The van der Waals surface area contributed by atoms with Gasteiger partial charge in [0, 0.05) is 6.07 Å². The molecular weight excluding hydrogens is 300 g/mol. The summed E-state index contributed by atoms with van der Waals surface area (Å²) in [6.07, 6.45) is 0. The second kappa shape index (κ2) is 5.00. The van der Waals surface area contributed by atoms with Gasteiger partial charge in [-0.2, -0.15) is 0 Å². The number of benzene rings is 2. The van der Waals surface area contributed by atoms with E-state index in [4.69, 9.17) is 4.74 Å². The van der Waals surface area contributed by atoms with E-state index in [2.05, 4.69) is 0 Å². The van der Waals surface area contributed by atoms with Crippen molar-refractivity contribution in [3.63, 3.8) is 0 Å². The third-order valence-electron chi connectivity index (χ3n) is 3.14. The predicted molar refractivity (Wildman–Crippen MR) is 72.8 cm³/mol. The summed E-state index contributed by atoms with van der Waals surface area (Å²) in [6, 6.07) is 8.19. The van der Waals surface area contributed by atoms with Crippen molar-refractivity contribution in [2.24, 2.45) is 0 Å². The van der Waals surface area contributed by atoms with Crippen LogP contribution in [0.5, 0.6) is 5.75 Å². The van der Waals surface area contributed by atoms with Crippen LogP contribution in [0, 0.1) is 11.6 Å². The second-order valence-electron chi connectivity index (χ2n) is 4.49. The average Bonchev–Trinajstić information content (AvgIpc) is 2.47. The molecule has 1 aliphatic rings. The summed E-state index contributed by atoms with van der Waals surface area (Å²) in [6.45, 7) is 0.231. The number of fused-ring (bicyclic) bond motifs is 1. The van der Waals surface area contributed by atoms with Crippen molar-refractivity contribution in [1.82, 2.24) is 0 Å². The minimum absolute atomic E-state index is 0.0546. The van der Waals surface area contributed by atoms with Gasteiger partial charge in [0.25, 0.3) is 10.0 Å². The van der Waals surface area contributed by atoms with Gasteiger partial charge in [-0.05, 0) is 36.4 Å². The highest BCUT2D eigenvalue weighted by molar-refractivity contribution is 7.92. The molecule has 1 aliphatic heterocycles. The molecule has 0 aliphatic carbocycles. The number of sulfonamides is 1. The molecule has 21 heavy (non-hydrogen) atoms. The Kier molecular flexibility index (Phi) is 3.29. The van der Waals surface area contributed by atoms with Gasteiger partial charge in [-0.3, -0.25) is 4.31 Å². The Morgan fingerprint density at radius 3 is 2.38 bits per heavy atom. The van der Waals surface area contributed by atoms with E-state index in [0.717, 1.165) is 22.5 Å². The molecule has 2 aromatic rings. The highest BCUT2D eigenvalue weighted by Crippen LogP contribution is 2.35. The highest BCUT2D eigenvalue weighted by atomic mass is 32.2. The van der Waals surface area contributed by atoms with Gasteiger partial charge >= 0.3 is 0 Å². The summed E-state index contributed by atoms with van der Waals surface area (Å²) in [7, 11) is -3.89. The quantitative estimate of drug-likeness (QED) is 0.856. The van der Waals surface area contributed by atoms with Crippen molar-refractivity contribution < 1.29 is 21.9 Å². The lowest BCUT2D eigenvalue weighted by atomic mass is 10.2. The van der Waals surface area contributed by atoms with E-state index >= 15 is 0 Å². The first-order valence-electron chi connectivity index (χ1n) is 6.19. The zero-order valence-corrected chi connectivity index (χ0v) is 11.6. The lowest BCUT2D eigenvalue weighted by Crippen LogP contribution is -2.38. The largest absolute Gasteiger partial charge is 0.489 e. The fourth-order valence-electron chi connectivity index (χ4n) is 2.15.